The highest BCUT2D eigenvalue weighted by Crippen LogP contribution is 2.32. The third kappa shape index (κ3) is 2.86. The summed E-state index contributed by atoms with van der Waals surface area (Å²) < 4.78 is 38.1. The van der Waals surface area contributed by atoms with Crippen LogP contribution in [0, 0.1) is 0 Å². The normalized spacial score (nSPS) is 23.5. The number of benzene rings is 1. The number of aromatic nitrogens is 1. The van der Waals surface area contributed by atoms with Crippen LogP contribution in [0.25, 0.3) is 11.1 Å². The van der Waals surface area contributed by atoms with E-state index in [0.29, 0.717) is 6.04 Å². The van der Waals surface area contributed by atoms with E-state index in [1.807, 2.05) is 12.3 Å². The fourth-order valence-electron chi connectivity index (χ4n) is 3.64. The molecular formula is C18H18F3N3. The summed E-state index contributed by atoms with van der Waals surface area (Å²) in [5, 5.41) is 0. The second kappa shape index (κ2) is 5.77. The summed E-state index contributed by atoms with van der Waals surface area (Å²) in [6.07, 6.45) is 0.407. The average molecular weight is 333 g/mol. The summed E-state index contributed by atoms with van der Waals surface area (Å²) in [6, 6.07) is 7.82. The molecule has 2 saturated heterocycles. The lowest BCUT2D eigenvalue weighted by molar-refractivity contribution is -0.137. The molecule has 24 heavy (non-hydrogen) atoms. The van der Waals surface area contributed by atoms with Gasteiger partial charge in [-0.05, 0) is 30.2 Å². The van der Waals surface area contributed by atoms with Crippen molar-refractivity contribution in [3.63, 3.8) is 0 Å². The van der Waals surface area contributed by atoms with Gasteiger partial charge in [0, 0.05) is 44.0 Å². The van der Waals surface area contributed by atoms with Crippen LogP contribution in [-0.4, -0.2) is 42.1 Å². The minimum absolute atomic E-state index is 0.517. The van der Waals surface area contributed by atoms with Gasteiger partial charge in [-0.2, -0.15) is 13.2 Å². The molecule has 0 radical (unpaired) electrons. The van der Waals surface area contributed by atoms with Crippen LogP contribution in [0.3, 0.4) is 0 Å². The predicted octanol–water partition coefficient (Wildman–Crippen LogP) is 3.66. The van der Waals surface area contributed by atoms with Gasteiger partial charge in [-0.1, -0.05) is 12.1 Å². The number of pyridine rings is 1. The van der Waals surface area contributed by atoms with E-state index in [0.717, 1.165) is 61.5 Å². The van der Waals surface area contributed by atoms with Crippen molar-refractivity contribution in [1.29, 1.82) is 0 Å². The van der Waals surface area contributed by atoms with E-state index in [1.54, 1.807) is 6.20 Å². The minimum atomic E-state index is -4.30. The van der Waals surface area contributed by atoms with Crippen LogP contribution in [0.2, 0.25) is 0 Å². The highest BCUT2D eigenvalue weighted by molar-refractivity contribution is 5.67. The van der Waals surface area contributed by atoms with Gasteiger partial charge >= 0.3 is 6.18 Å². The zero-order valence-corrected chi connectivity index (χ0v) is 13.1. The number of hydrogen-bond acceptors (Lipinski definition) is 3. The maximum absolute atomic E-state index is 12.7. The molecule has 0 N–H and O–H groups in total. The first kappa shape index (κ1) is 15.4. The van der Waals surface area contributed by atoms with Crippen molar-refractivity contribution in [2.24, 2.45) is 0 Å². The van der Waals surface area contributed by atoms with Crippen molar-refractivity contribution < 1.29 is 13.2 Å². The van der Waals surface area contributed by atoms with Gasteiger partial charge in [-0.15, -0.1) is 0 Å². The quantitative estimate of drug-likeness (QED) is 0.836. The zero-order chi connectivity index (χ0) is 16.7. The van der Waals surface area contributed by atoms with E-state index < -0.39 is 11.7 Å². The van der Waals surface area contributed by atoms with Crippen molar-refractivity contribution in [2.45, 2.75) is 18.6 Å². The Labute approximate surface area is 138 Å². The summed E-state index contributed by atoms with van der Waals surface area (Å²) >= 11 is 0. The zero-order valence-electron chi connectivity index (χ0n) is 13.1. The molecule has 0 saturated carbocycles. The van der Waals surface area contributed by atoms with E-state index in [-0.39, 0.29) is 0 Å². The summed E-state index contributed by atoms with van der Waals surface area (Å²) in [6.45, 7) is 4.27. The van der Waals surface area contributed by atoms with E-state index in [9.17, 15) is 13.2 Å². The molecule has 2 unspecified atom stereocenters. The van der Waals surface area contributed by atoms with Gasteiger partial charge in [0.05, 0.1) is 17.4 Å². The maximum atomic E-state index is 12.7. The average Bonchev–Trinajstić information content (AvgIpc) is 2.95. The number of piperazine rings is 1. The molecule has 2 aliphatic rings. The number of halogens is 3. The van der Waals surface area contributed by atoms with Gasteiger partial charge in [-0.25, -0.2) is 0 Å². The molecule has 2 aromatic rings. The molecule has 3 nitrogen and oxygen atoms in total. The number of alkyl halides is 3. The van der Waals surface area contributed by atoms with Crippen LogP contribution < -0.4 is 4.90 Å². The fraction of sp³-hybridized carbons (Fsp3) is 0.389. The molecule has 126 valence electrons. The predicted molar refractivity (Wildman–Crippen MR) is 86.9 cm³/mol. The van der Waals surface area contributed by atoms with Gasteiger partial charge < -0.3 is 4.90 Å². The Balaban J connectivity index is 1.60. The molecule has 0 amide bonds. The molecule has 2 bridgehead atoms. The Morgan fingerprint density at radius 3 is 2.50 bits per heavy atom. The van der Waals surface area contributed by atoms with Crippen molar-refractivity contribution >= 4 is 5.69 Å². The van der Waals surface area contributed by atoms with Crippen LogP contribution in [0.4, 0.5) is 18.9 Å². The van der Waals surface area contributed by atoms with E-state index >= 15 is 0 Å². The SMILES string of the molecule is FC(F)(F)c1ccc(-c2cncc(N3CCN4CCC3C4)c2)cc1. The molecule has 2 aliphatic heterocycles. The number of rotatable bonds is 2. The van der Waals surface area contributed by atoms with Crippen LogP contribution in [0.5, 0.6) is 0 Å². The number of anilines is 1. The van der Waals surface area contributed by atoms with E-state index in [2.05, 4.69) is 14.8 Å². The first-order valence-corrected chi connectivity index (χ1v) is 8.12. The molecule has 4 rings (SSSR count). The molecule has 0 aliphatic carbocycles. The van der Waals surface area contributed by atoms with Gasteiger partial charge in [0.1, 0.15) is 0 Å². The third-order valence-electron chi connectivity index (χ3n) is 4.95. The van der Waals surface area contributed by atoms with Gasteiger partial charge in [0.25, 0.3) is 0 Å². The first-order valence-electron chi connectivity index (χ1n) is 8.12. The summed E-state index contributed by atoms with van der Waals surface area (Å²) in [5.74, 6) is 0. The second-order valence-electron chi connectivity index (χ2n) is 6.44. The molecule has 6 heteroatoms. The fourth-order valence-corrected chi connectivity index (χ4v) is 3.64. The van der Waals surface area contributed by atoms with Crippen LogP contribution >= 0.6 is 0 Å². The Morgan fingerprint density at radius 2 is 1.75 bits per heavy atom. The minimum Gasteiger partial charge on any atom is -0.365 e. The molecule has 2 atom stereocenters. The number of fused-ring (bicyclic) bond motifs is 2. The molecular weight excluding hydrogens is 315 g/mol. The molecule has 1 aromatic carbocycles. The van der Waals surface area contributed by atoms with Gasteiger partial charge in [0.15, 0.2) is 0 Å². The number of hydrogen-bond donors (Lipinski definition) is 0. The van der Waals surface area contributed by atoms with Crippen LogP contribution in [0.15, 0.2) is 42.7 Å². The molecule has 2 fully saturated rings. The highest BCUT2D eigenvalue weighted by Gasteiger charge is 2.33. The smallest absolute Gasteiger partial charge is 0.365 e. The third-order valence-corrected chi connectivity index (χ3v) is 4.95. The molecule has 0 spiro atoms. The lowest BCUT2D eigenvalue weighted by Gasteiger charge is -2.36. The standard InChI is InChI=1S/C18H18F3N3/c19-18(20,21)15-3-1-13(2-4-15)14-9-17(11-22-10-14)24-8-7-23-6-5-16(24)12-23/h1-4,9-11,16H,5-8,12H2. The lowest BCUT2D eigenvalue weighted by atomic mass is 10.0. The van der Waals surface area contributed by atoms with E-state index in [1.165, 1.54) is 12.1 Å². The highest BCUT2D eigenvalue weighted by atomic mass is 19.4. The Morgan fingerprint density at radius 1 is 0.958 bits per heavy atom. The topological polar surface area (TPSA) is 19.4 Å². The van der Waals surface area contributed by atoms with Crippen molar-refractivity contribution in [2.75, 3.05) is 31.1 Å². The Hall–Kier alpha value is -2.08. The first-order chi connectivity index (χ1) is 11.5. The van der Waals surface area contributed by atoms with Gasteiger partial charge in [-0.3, -0.25) is 9.88 Å². The summed E-state index contributed by atoms with van der Waals surface area (Å²) in [4.78, 5) is 9.16. The van der Waals surface area contributed by atoms with Crippen molar-refractivity contribution in [3.8, 4) is 11.1 Å². The van der Waals surface area contributed by atoms with E-state index in [4.69, 9.17) is 0 Å². The Bertz CT molecular complexity index is 727. The van der Waals surface area contributed by atoms with Crippen molar-refractivity contribution in [1.82, 2.24) is 9.88 Å². The van der Waals surface area contributed by atoms with Gasteiger partial charge in [0.2, 0.25) is 0 Å². The van der Waals surface area contributed by atoms with Crippen LogP contribution in [-0.2, 0) is 6.18 Å². The monoisotopic (exact) mass is 333 g/mol. The molecule has 1 aromatic heterocycles. The molecule has 3 heterocycles. The van der Waals surface area contributed by atoms with Crippen molar-refractivity contribution in [3.05, 3.63) is 48.3 Å². The second-order valence-corrected chi connectivity index (χ2v) is 6.44. The largest absolute Gasteiger partial charge is 0.416 e. The lowest BCUT2D eigenvalue weighted by Crippen LogP contribution is -2.46. The maximum Gasteiger partial charge on any atom is 0.416 e. The summed E-state index contributed by atoms with van der Waals surface area (Å²) in [5.41, 5.74) is 2.03. The summed E-state index contributed by atoms with van der Waals surface area (Å²) in [7, 11) is 0. The Kier molecular flexibility index (Phi) is 3.72. The van der Waals surface area contributed by atoms with Crippen LogP contribution in [0.1, 0.15) is 12.0 Å². The number of nitrogens with zero attached hydrogens (tertiary/aromatic N) is 3.